The molecule has 0 fully saturated rings. The average molecular weight is 658 g/mol. The second-order valence-electron chi connectivity index (χ2n) is 12.3. The largest absolute Gasteiger partial charge is 0.393 e. The van der Waals surface area contributed by atoms with Crippen molar-refractivity contribution >= 4 is 17.1 Å². The van der Waals surface area contributed by atoms with E-state index in [0.29, 0.717) is 18.5 Å². The molecule has 1 aliphatic heterocycles. The highest BCUT2D eigenvalue weighted by Crippen LogP contribution is 2.19. The number of nitrogens with one attached hydrogen (secondary N) is 3. The Bertz CT molecular complexity index is 1780. The molecule has 5 rings (SSSR count). The average Bonchev–Trinajstić information content (AvgIpc) is 3.70. The van der Waals surface area contributed by atoms with Gasteiger partial charge in [0, 0.05) is 43.3 Å². The summed E-state index contributed by atoms with van der Waals surface area (Å²) in [4.78, 5) is 44.0. The van der Waals surface area contributed by atoms with Crippen LogP contribution in [0.3, 0.4) is 0 Å². The number of Topliss-reactive ketones (excluding diaryl/α,β-unsaturated/α-hetero) is 1. The highest BCUT2D eigenvalue weighted by Gasteiger charge is 2.21. The minimum atomic E-state index is -0.646. The third-order valence-corrected chi connectivity index (χ3v) is 8.60. The Hall–Kier alpha value is -4.39. The number of ketones is 1. The first-order valence-corrected chi connectivity index (χ1v) is 17.1. The second-order valence-corrected chi connectivity index (χ2v) is 12.3. The molecule has 1 aromatic carbocycles. The quantitative estimate of drug-likeness (QED) is 0.0612. The molecular weight excluding hydrogens is 610 g/mol. The van der Waals surface area contributed by atoms with Crippen molar-refractivity contribution < 1.29 is 14.6 Å². The van der Waals surface area contributed by atoms with Gasteiger partial charge in [-0.3, -0.25) is 19.1 Å². The Morgan fingerprint density at radius 2 is 1.73 bits per heavy atom. The van der Waals surface area contributed by atoms with Crippen molar-refractivity contribution in [2.45, 2.75) is 90.0 Å². The van der Waals surface area contributed by atoms with Gasteiger partial charge in [0.2, 0.25) is 0 Å². The lowest BCUT2D eigenvalue weighted by atomic mass is 10.0. The van der Waals surface area contributed by atoms with E-state index in [0.717, 1.165) is 99.3 Å². The summed E-state index contributed by atoms with van der Waals surface area (Å²) in [5.74, 6) is 2.02. The van der Waals surface area contributed by atoms with E-state index in [1.165, 1.54) is 10.8 Å². The number of aliphatic hydroxyl groups is 1. The van der Waals surface area contributed by atoms with Gasteiger partial charge in [-0.15, -0.1) is 5.10 Å². The minimum Gasteiger partial charge on any atom is -0.393 e. The molecule has 12 nitrogen and oxygen atoms in total. The van der Waals surface area contributed by atoms with Gasteiger partial charge < -0.3 is 20.5 Å². The molecule has 48 heavy (non-hydrogen) atoms. The molecule has 0 unspecified atom stereocenters. The monoisotopic (exact) mass is 657 g/mol. The van der Waals surface area contributed by atoms with Crippen LogP contribution in [0.25, 0.3) is 5.52 Å². The topological polar surface area (TPSA) is 156 Å². The van der Waals surface area contributed by atoms with Crippen LogP contribution in [0.15, 0.2) is 70.4 Å². The van der Waals surface area contributed by atoms with E-state index >= 15 is 0 Å². The fraction of sp³-hybridized carbons (Fsp3) is 0.472. The van der Waals surface area contributed by atoms with E-state index in [1.807, 2.05) is 47.8 Å². The maximum Gasteiger partial charge on any atom is 0.330 e. The number of rotatable bonds is 20. The van der Waals surface area contributed by atoms with Crippen LogP contribution in [0.4, 0.5) is 5.82 Å². The number of nitrogens with zero attached hydrogens (tertiary/aromatic N) is 4. The fourth-order valence-corrected chi connectivity index (χ4v) is 5.90. The molecule has 1 aliphatic rings. The number of carbonyl (C=O) groups is 1. The van der Waals surface area contributed by atoms with Crippen LogP contribution in [-0.4, -0.2) is 60.8 Å². The van der Waals surface area contributed by atoms with Crippen LogP contribution in [0, 0.1) is 6.92 Å². The van der Waals surface area contributed by atoms with Gasteiger partial charge >= 0.3 is 5.69 Å². The first kappa shape index (κ1) is 34.9. The molecule has 0 spiro atoms. The van der Waals surface area contributed by atoms with Gasteiger partial charge in [-0.1, -0.05) is 62.1 Å². The summed E-state index contributed by atoms with van der Waals surface area (Å²) in [5.41, 5.74) is 2.30. The number of aryl methyl sites for hydroxylation is 2. The first-order chi connectivity index (χ1) is 23.4. The summed E-state index contributed by atoms with van der Waals surface area (Å²) in [6, 6.07) is 13.6. The summed E-state index contributed by atoms with van der Waals surface area (Å²) in [6.07, 6.45) is 13.3. The molecule has 2 atom stereocenters. The smallest absolute Gasteiger partial charge is 0.330 e. The number of benzene rings is 1. The number of aromatic amines is 1. The zero-order valence-corrected chi connectivity index (χ0v) is 27.7. The summed E-state index contributed by atoms with van der Waals surface area (Å²) in [7, 11) is 0. The SMILES string of the molecule is Cc1nc(CCCCCCC(=O)c2ccccc2)n2nc(NCCCCCCNCc3cn([C@H]4C=C[C@@H](CO)O4)c(=O)[nH]c3=O)ccc12. The Balaban J connectivity index is 0.963. The van der Waals surface area contributed by atoms with Crippen LogP contribution in [-0.2, 0) is 17.7 Å². The van der Waals surface area contributed by atoms with E-state index in [2.05, 4.69) is 21.7 Å². The summed E-state index contributed by atoms with van der Waals surface area (Å²) < 4.78 is 8.89. The van der Waals surface area contributed by atoms with E-state index in [1.54, 1.807) is 12.2 Å². The summed E-state index contributed by atoms with van der Waals surface area (Å²) >= 11 is 0. The zero-order valence-electron chi connectivity index (χ0n) is 27.7. The zero-order chi connectivity index (χ0) is 33.7. The summed E-state index contributed by atoms with van der Waals surface area (Å²) in [5, 5.41) is 20.8. The number of H-pyrrole nitrogens is 1. The standard InChI is InChI=1S/C36H47N7O5/c1-26-30-18-19-32(41-43(30)33(39-26)16-10-3-2-9-15-31(45)27-13-7-6-8-14-27)38-22-12-5-4-11-21-37-23-28-24-42(36(47)40-35(28)46)34-20-17-29(25-44)48-34/h6-8,13-14,17-20,24,29,34,37,44H,2-5,9-12,15-16,21-23,25H2,1H3,(H,38,41)(H,40,46,47)/t29-,34+/m0/s1. The van der Waals surface area contributed by atoms with Gasteiger partial charge in [0.1, 0.15) is 17.7 Å². The lowest BCUT2D eigenvalue weighted by Crippen LogP contribution is -2.35. The number of hydrogen-bond donors (Lipinski definition) is 4. The Kier molecular flexibility index (Phi) is 12.9. The number of carbonyl (C=O) groups excluding carboxylic acids is 1. The van der Waals surface area contributed by atoms with Gasteiger partial charge in [-0.05, 0) is 57.4 Å². The highest BCUT2D eigenvalue weighted by molar-refractivity contribution is 5.95. The van der Waals surface area contributed by atoms with Crippen molar-refractivity contribution in [3.05, 3.63) is 104 Å². The molecule has 4 heterocycles. The fourth-order valence-electron chi connectivity index (χ4n) is 5.90. The molecule has 4 aromatic rings. The number of fused-ring (bicyclic) bond motifs is 1. The molecule has 12 heteroatoms. The van der Waals surface area contributed by atoms with Crippen molar-refractivity contribution in [1.82, 2.24) is 29.5 Å². The minimum absolute atomic E-state index is 0.169. The van der Waals surface area contributed by atoms with E-state index in [-0.39, 0.29) is 12.4 Å². The van der Waals surface area contributed by atoms with Gasteiger partial charge in [-0.2, -0.15) is 0 Å². The van der Waals surface area contributed by atoms with Crippen LogP contribution in [0.2, 0.25) is 0 Å². The molecule has 3 aromatic heterocycles. The van der Waals surface area contributed by atoms with Gasteiger partial charge in [-0.25, -0.2) is 14.3 Å². The molecule has 0 saturated carbocycles. The second kappa shape index (κ2) is 17.7. The predicted molar refractivity (Wildman–Crippen MR) is 185 cm³/mol. The van der Waals surface area contributed by atoms with Gasteiger partial charge in [0.05, 0.1) is 17.8 Å². The highest BCUT2D eigenvalue weighted by atomic mass is 16.5. The number of aliphatic hydroxyl groups excluding tert-OH is 1. The molecule has 4 N–H and O–H groups in total. The van der Waals surface area contributed by atoms with Crippen molar-refractivity contribution in [3.63, 3.8) is 0 Å². The normalized spacial score (nSPS) is 15.8. The number of ether oxygens (including phenoxy) is 1. The van der Waals surface area contributed by atoms with Crippen LogP contribution in [0.5, 0.6) is 0 Å². The predicted octanol–water partition coefficient (Wildman–Crippen LogP) is 4.47. The van der Waals surface area contributed by atoms with Crippen molar-refractivity contribution in [2.75, 3.05) is 25.0 Å². The molecule has 0 saturated heterocycles. The molecule has 0 radical (unpaired) electrons. The van der Waals surface area contributed by atoms with Gasteiger partial charge in [0.15, 0.2) is 12.0 Å². The third kappa shape index (κ3) is 9.59. The Morgan fingerprint density at radius 1 is 0.958 bits per heavy atom. The lowest BCUT2D eigenvalue weighted by Gasteiger charge is -2.15. The molecule has 0 amide bonds. The lowest BCUT2D eigenvalue weighted by molar-refractivity contribution is -0.0104. The van der Waals surface area contributed by atoms with Crippen molar-refractivity contribution in [2.24, 2.45) is 0 Å². The Labute approximate surface area is 280 Å². The summed E-state index contributed by atoms with van der Waals surface area (Å²) in [6.45, 7) is 3.77. The van der Waals surface area contributed by atoms with Crippen molar-refractivity contribution in [1.29, 1.82) is 0 Å². The molecule has 256 valence electrons. The maximum atomic E-state index is 12.3. The molecular formula is C36H47N7O5. The van der Waals surface area contributed by atoms with E-state index < -0.39 is 23.6 Å². The number of unbranched alkanes of at least 4 members (excludes halogenated alkanes) is 6. The number of imidazole rings is 1. The number of aromatic nitrogens is 5. The third-order valence-electron chi connectivity index (χ3n) is 8.60. The molecule has 0 bridgehead atoms. The van der Waals surface area contributed by atoms with Crippen LogP contribution >= 0.6 is 0 Å². The first-order valence-electron chi connectivity index (χ1n) is 17.1. The Morgan fingerprint density at radius 3 is 2.52 bits per heavy atom. The number of anilines is 1. The molecule has 0 aliphatic carbocycles. The van der Waals surface area contributed by atoms with Crippen LogP contribution < -0.4 is 21.9 Å². The van der Waals surface area contributed by atoms with Gasteiger partial charge in [0.25, 0.3) is 5.56 Å². The van der Waals surface area contributed by atoms with E-state index in [9.17, 15) is 19.5 Å². The maximum absolute atomic E-state index is 12.3. The van der Waals surface area contributed by atoms with E-state index in [4.69, 9.17) is 14.8 Å². The number of hydrogen-bond acceptors (Lipinski definition) is 9. The van der Waals surface area contributed by atoms with Crippen LogP contribution in [0.1, 0.15) is 91.5 Å². The van der Waals surface area contributed by atoms with Crippen molar-refractivity contribution in [3.8, 4) is 0 Å².